The monoisotopic (exact) mass is 394 g/mol. The molecule has 6 heteroatoms. The molecule has 0 bridgehead atoms. The Morgan fingerprint density at radius 1 is 1.07 bits per heavy atom. The quantitative estimate of drug-likeness (QED) is 0.789. The highest BCUT2D eigenvalue weighted by atomic mass is 16.4. The minimum atomic E-state index is -0.985. The molecule has 0 saturated carbocycles. The van der Waals surface area contributed by atoms with E-state index < -0.39 is 12.0 Å². The molecule has 2 aromatic carbocycles. The number of nitrogens with one attached hydrogen (secondary N) is 1. The van der Waals surface area contributed by atoms with E-state index in [1.165, 1.54) is 12.1 Å². The van der Waals surface area contributed by atoms with Crippen molar-refractivity contribution in [1.29, 1.82) is 0 Å². The molecule has 29 heavy (non-hydrogen) atoms. The number of hydrogen-bond donors (Lipinski definition) is 2. The molecule has 2 aromatic rings. The van der Waals surface area contributed by atoms with Crippen molar-refractivity contribution in [2.45, 2.75) is 45.8 Å². The first-order chi connectivity index (χ1) is 13.8. The van der Waals surface area contributed by atoms with Crippen LogP contribution in [0, 0.1) is 5.92 Å². The molecule has 0 aromatic heterocycles. The molecule has 0 spiro atoms. The van der Waals surface area contributed by atoms with Gasteiger partial charge in [-0.2, -0.15) is 0 Å². The normalized spacial score (nSPS) is 15.7. The predicted octanol–water partition coefficient (Wildman–Crippen LogP) is 3.00. The van der Waals surface area contributed by atoms with E-state index >= 15 is 0 Å². The minimum absolute atomic E-state index is 0.0135. The van der Waals surface area contributed by atoms with Gasteiger partial charge in [-0.15, -0.1) is 0 Å². The van der Waals surface area contributed by atoms with Gasteiger partial charge in [0, 0.05) is 25.9 Å². The fourth-order valence-corrected chi connectivity index (χ4v) is 3.56. The van der Waals surface area contributed by atoms with E-state index in [1.807, 2.05) is 38.1 Å². The van der Waals surface area contributed by atoms with Crippen LogP contribution in [-0.4, -0.2) is 33.8 Å². The zero-order chi connectivity index (χ0) is 21.0. The van der Waals surface area contributed by atoms with Gasteiger partial charge in [0.05, 0.1) is 5.56 Å². The lowest BCUT2D eigenvalue weighted by Gasteiger charge is -2.36. The number of aromatic carboxylic acids is 1. The molecule has 0 radical (unpaired) electrons. The summed E-state index contributed by atoms with van der Waals surface area (Å²) >= 11 is 0. The third-order valence-corrected chi connectivity index (χ3v) is 5.12. The van der Waals surface area contributed by atoms with Crippen molar-refractivity contribution in [3.63, 3.8) is 0 Å². The molecule has 2 N–H and O–H groups in total. The first-order valence-corrected chi connectivity index (χ1v) is 9.81. The Hall–Kier alpha value is -3.15. The molecule has 3 rings (SSSR count). The number of carbonyl (C=O) groups is 3. The van der Waals surface area contributed by atoms with Crippen molar-refractivity contribution >= 4 is 17.8 Å². The van der Waals surface area contributed by atoms with E-state index in [1.54, 1.807) is 17.0 Å². The van der Waals surface area contributed by atoms with E-state index in [2.05, 4.69) is 5.32 Å². The smallest absolute Gasteiger partial charge is 0.335 e. The zero-order valence-electron chi connectivity index (χ0n) is 16.7. The fourth-order valence-electron chi connectivity index (χ4n) is 3.56. The molecule has 1 atom stereocenters. The summed E-state index contributed by atoms with van der Waals surface area (Å²) in [6.45, 7) is 4.70. The van der Waals surface area contributed by atoms with Gasteiger partial charge in [-0.25, -0.2) is 4.79 Å². The number of amides is 2. The average molecular weight is 394 g/mol. The number of carbonyl (C=O) groups excluding carboxylic acids is 2. The summed E-state index contributed by atoms with van der Waals surface area (Å²) in [5.41, 5.74) is 3.18. The Bertz CT molecular complexity index is 905. The van der Waals surface area contributed by atoms with Gasteiger partial charge >= 0.3 is 5.97 Å². The Kier molecular flexibility index (Phi) is 6.32. The van der Waals surface area contributed by atoms with Crippen LogP contribution in [0.5, 0.6) is 0 Å². The number of rotatable bonds is 6. The van der Waals surface area contributed by atoms with Crippen molar-refractivity contribution in [1.82, 2.24) is 10.2 Å². The first kappa shape index (κ1) is 20.6. The predicted molar refractivity (Wildman–Crippen MR) is 109 cm³/mol. The number of fused-ring (bicyclic) bond motifs is 1. The standard InChI is InChI=1S/C23H26N2O4/c1-15(2)11-21(26)25-14-19-6-4-3-5-18(19)12-20(25)22(27)24-13-16-7-9-17(10-8-16)23(28)29/h3-10,15,20H,11-14H2,1-2H3,(H,24,27)(H,28,29). The van der Waals surface area contributed by atoms with E-state index in [4.69, 9.17) is 5.11 Å². The summed E-state index contributed by atoms with van der Waals surface area (Å²) in [5, 5.41) is 11.9. The van der Waals surface area contributed by atoms with E-state index in [0.717, 1.165) is 16.7 Å². The summed E-state index contributed by atoms with van der Waals surface area (Å²) in [6.07, 6.45) is 0.895. The van der Waals surface area contributed by atoms with Gasteiger partial charge in [-0.1, -0.05) is 50.2 Å². The SMILES string of the molecule is CC(C)CC(=O)N1Cc2ccccc2CC1C(=O)NCc1ccc(C(=O)O)cc1. The highest BCUT2D eigenvalue weighted by molar-refractivity contribution is 5.89. The average Bonchev–Trinajstić information content (AvgIpc) is 2.70. The van der Waals surface area contributed by atoms with Gasteiger partial charge in [0.1, 0.15) is 6.04 Å². The van der Waals surface area contributed by atoms with Gasteiger partial charge in [-0.05, 0) is 34.7 Å². The van der Waals surface area contributed by atoms with Crippen LogP contribution in [0.4, 0.5) is 0 Å². The maximum atomic E-state index is 13.0. The van der Waals surface area contributed by atoms with E-state index in [9.17, 15) is 14.4 Å². The lowest BCUT2D eigenvalue weighted by atomic mass is 9.92. The molecule has 1 aliphatic rings. The summed E-state index contributed by atoms with van der Waals surface area (Å²) in [5.74, 6) is -0.976. The Morgan fingerprint density at radius 3 is 2.34 bits per heavy atom. The largest absolute Gasteiger partial charge is 0.478 e. The lowest BCUT2D eigenvalue weighted by Crippen LogP contribution is -2.52. The second-order valence-electron chi connectivity index (χ2n) is 7.83. The van der Waals surface area contributed by atoms with E-state index in [-0.39, 0.29) is 29.8 Å². The summed E-state index contributed by atoms with van der Waals surface area (Å²) < 4.78 is 0. The Morgan fingerprint density at radius 2 is 1.72 bits per heavy atom. The number of carboxylic acids is 1. The van der Waals surface area contributed by atoms with Gasteiger partial charge in [0.15, 0.2) is 0 Å². The van der Waals surface area contributed by atoms with Crippen LogP contribution < -0.4 is 5.32 Å². The highest BCUT2D eigenvalue weighted by Gasteiger charge is 2.34. The highest BCUT2D eigenvalue weighted by Crippen LogP contribution is 2.25. The van der Waals surface area contributed by atoms with Crippen molar-refractivity contribution < 1.29 is 19.5 Å². The van der Waals surface area contributed by atoms with Crippen molar-refractivity contribution in [2.75, 3.05) is 0 Å². The molecule has 152 valence electrons. The molecule has 1 heterocycles. The second kappa shape index (κ2) is 8.90. The van der Waals surface area contributed by atoms with Crippen LogP contribution in [0.2, 0.25) is 0 Å². The van der Waals surface area contributed by atoms with Crippen LogP contribution in [0.15, 0.2) is 48.5 Å². The maximum absolute atomic E-state index is 13.0. The molecule has 0 saturated heterocycles. The third kappa shape index (κ3) is 5.02. The summed E-state index contributed by atoms with van der Waals surface area (Å²) in [6, 6.07) is 13.7. The van der Waals surface area contributed by atoms with Gasteiger partial charge in [-0.3, -0.25) is 9.59 Å². The molecule has 1 unspecified atom stereocenters. The van der Waals surface area contributed by atoms with Gasteiger partial charge in [0.2, 0.25) is 11.8 Å². The Balaban J connectivity index is 1.73. The maximum Gasteiger partial charge on any atom is 0.335 e. The number of carboxylic acid groups (broad SMARTS) is 1. The summed E-state index contributed by atoms with van der Waals surface area (Å²) in [7, 11) is 0. The van der Waals surface area contributed by atoms with Crippen LogP contribution in [0.1, 0.15) is 47.3 Å². The molecule has 2 amide bonds. The number of hydrogen-bond acceptors (Lipinski definition) is 3. The number of benzene rings is 2. The van der Waals surface area contributed by atoms with Crippen LogP contribution in [-0.2, 0) is 29.1 Å². The van der Waals surface area contributed by atoms with Crippen LogP contribution in [0.3, 0.4) is 0 Å². The van der Waals surface area contributed by atoms with Gasteiger partial charge < -0.3 is 15.3 Å². The molecule has 6 nitrogen and oxygen atoms in total. The number of nitrogens with zero attached hydrogens (tertiary/aromatic N) is 1. The molecule has 1 aliphatic heterocycles. The third-order valence-electron chi connectivity index (χ3n) is 5.12. The van der Waals surface area contributed by atoms with Crippen LogP contribution in [0.25, 0.3) is 0 Å². The minimum Gasteiger partial charge on any atom is -0.478 e. The van der Waals surface area contributed by atoms with E-state index in [0.29, 0.717) is 19.4 Å². The Labute approximate surface area is 170 Å². The van der Waals surface area contributed by atoms with Crippen molar-refractivity contribution in [3.8, 4) is 0 Å². The fraction of sp³-hybridized carbons (Fsp3) is 0.348. The molecular weight excluding hydrogens is 368 g/mol. The van der Waals surface area contributed by atoms with Crippen LogP contribution >= 0.6 is 0 Å². The molecule has 0 fully saturated rings. The lowest BCUT2D eigenvalue weighted by molar-refractivity contribution is -0.142. The molecule has 0 aliphatic carbocycles. The van der Waals surface area contributed by atoms with Gasteiger partial charge in [0.25, 0.3) is 0 Å². The van der Waals surface area contributed by atoms with Crippen molar-refractivity contribution in [2.24, 2.45) is 5.92 Å². The van der Waals surface area contributed by atoms with Crippen molar-refractivity contribution in [3.05, 3.63) is 70.8 Å². The topological polar surface area (TPSA) is 86.7 Å². The first-order valence-electron chi connectivity index (χ1n) is 9.81. The second-order valence-corrected chi connectivity index (χ2v) is 7.83. The molecular formula is C23H26N2O4. The zero-order valence-corrected chi connectivity index (χ0v) is 16.7. The summed E-state index contributed by atoms with van der Waals surface area (Å²) in [4.78, 5) is 38.4.